The highest BCUT2D eigenvalue weighted by molar-refractivity contribution is 5.97. The summed E-state index contributed by atoms with van der Waals surface area (Å²) in [6, 6.07) is 3.28. The summed E-state index contributed by atoms with van der Waals surface area (Å²) in [5.74, 6) is -0.303. The van der Waals surface area contributed by atoms with Crippen molar-refractivity contribution in [3.63, 3.8) is 0 Å². The lowest BCUT2D eigenvalue weighted by Gasteiger charge is -2.17. The number of nitrogens with one attached hydrogen (secondary N) is 3. The molecule has 1 rings (SSSR count). The van der Waals surface area contributed by atoms with Gasteiger partial charge >= 0.3 is 6.03 Å². The standard InChI is InChI=1S/C13H18N4O4/c1-7(12(19)17-13(14)20)15-10-6-9(16-8(2)18)4-5-11(10)21-3/h4-7,15H,1-3H3,(H,16,18)(H3,14,17,19,20)/t7-/m0/s1. The van der Waals surface area contributed by atoms with Crippen LogP contribution in [0.4, 0.5) is 16.2 Å². The molecular formula is C13H18N4O4. The Morgan fingerprint density at radius 3 is 2.48 bits per heavy atom. The molecule has 0 heterocycles. The fourth-order valence-corrected chi connectivity index (χ4v) is 1.63. The first-order chi connectivity index (χ1) is 9.83. The highest BCUT2D eigenvalue weighted by Gasteiger charge is 2.16. The van der Waals surface area contributed by atoms with Crippen molar-refractivity contribution in [3.8, 4) is 5.75 Å². The molecule has 0 saturated heterocycles. The van der Waals surface area contributed by atoms with Crippen LogP contribution < -0.4 is 26.4 Å². The first-order valence-corrected chi connectivity index (χ1v) is 6.16. The van der Waals surface area contributed by atoms with E-state index in [-0.39, 0.29) is 5.91 Å². The van der Waals surface area contributed by atoms with Crippen LogP contribution in [0.3, 0.4) is 0 Å². The van der Waals surface area contributed by atoms with Gasteiger partial charge in [0.1, 0.15) is 11.8 Å². The van der Waals surface area contributed by atoms with Gasteiger partial charge in [-0.3, -0.25) is 14.9 Å². The summed E-state index contributed by atoms with van der Waals surface area (Å²) >= 11 is 0. The van der Waals surface area contributed by atoms with E-state index in [1.807, 2.05) is 5.32 Å². The monoisotopic (exact) mass is 294 g/mol. The Balaban J connectivity index is 2.91. The number of nitrogens with two attached hydrogens (primary N) is 1. The normalized spacial score (nSPS) is 11.2. The lowest BCUT2D eigenvalue weighted by atomic mass is 10.2. The van der Waals surface area contributed by atoms with Crippen molar-refractivity contribution in [2.24, 2.45) is 5.73 Å². The van der Waals surface area contributed by atoms with Crippen LogP contribution in [-0.4, -0.2) is 31.0 Å². The van der Waals surface area contributed by atoms with E-state index >= 15 is 0 Å². The molecule has 0 spiro atoms. The van der Waals surface area contributed by atoms with E-state index in [9.17, 15) is 14.4 Å². The molecule has 0 aliphatic rings. The number of urea groups is 1. The van der Waals surface area contributed by atoms with Crippen molar-refractivity contribution in [3.05, 3.63) is 18.2 Å². The van der Waals surface area contributed by atoms with Gasteiger partial charge in [0.15, 0.2) is 0 Å². The molecule has 1 aromatic carbocycles. The molecule has 0 aliphatic heterocycles. The molecule has 0 aliphatic carbocycles. The van der Waals surface area contributed by atoms with Gasteiger partial charge in [-0.1, -0.05) is 0 Å². The van der Waals surface area contributed by atoms with Gasteiger partial charge in [-0.25, -0.2) is 4.79 Å². The topological polar surface area (TPSA) is 123 Å². The molecule has 8 nitrogen and oxygen atoms in total. The quantitative estimate of drug-likeness (QED) is 0.635. The Morgan fingerprint density at radius 2 is 1.95 bits per heavy atom. The fraction of sp³-hybridized carbons (Fsp3) is 0.308. The van der Waals surface area contributed by atoms with E-state index in [2.05, 4.69) is 10.6 Å². The van der Waals surface area contributed by atoms with Crippen molar-refractivity contribution in [2.75, 3.05) is 17.7 Å². The van der Waals surface area contributed by atoms with E-state index in [0.29, 0.717) is 17.1 Å². The van der Waals surface area contributed by atoms with Gasteiger partial charge in [0.2, 0.25) is 11.8 Å². The summed E-state index contributed by atoms with van der Waals surface area (Å²) in [6.45, 7) is 2.95. The highest BCUT2D eigenvalue weighted by Crippen LogP contribution is 2.28. The number of hydrogen-bond acceptors (Lipinski definition) is 5. The minimum absolute atomic E-state index is 0.217. The molecule has 4 amide bonds. The van der Waals surface area contributed by atoms with Gasteiger partial charge in [-0.05, 0) is 25.1 Å². The number of carbonyl (C=O) groups is 3. The Bertz CT molecular complexity index is 559. The third-order valence-corrected chi connectivity index (χ3v) is 2.53. The summed E-state index contributed by atoms with van der Waals surface area (Å²) in [5.41, 5.74) is 5.93. The van der Waals surface area contributed by atoms with Crippen LogP contribution in [0, 0.1) is 0 Å². The summed E-state index contributed by atoms with van der Waals surface area (Å²) in [4.78, 5) is 33.3. The second kappa shape index (κ2) is 7.13. The van der Waals surface area contributed by atoms with Gasteiger partial charge in [-0.2, -0.15) is 0 Å². The minimum atomic E-state index is -0.924. The zero-order valence-corrected chi connectivity index (χ0v) is 12.0. The van der Waals surface area contributed by atoms with E-state index in [1.54, 1.807) is 25.1 Å². The summed E-state index contributed by atoms with van der Waals surface area (Å²) < 4.78 is 5.17. The molecular weight excluding hydrogens is 276 g/mol. The number of primary amides is 1. The second-order valence-electron chi connectivity index (χ2n) is 4.32. The molecule has 1 atom stereocenters. The van der Waals surface area contributed by atoms with Crippen LogP contribution in [0.15, 0.2) is 18.2 Å². The summed E-state index contributed by atoms with van der Waals surface area (Å²) in [6.07, 6.45) is 0. The van der Waals surface area contributed by atoms with E-state index in [4.69, 9.17) is 10.5 Å². The first kappa shape index (κ1) is 16.3. The van der Waals surface area contributed by atoms with Gasteiger partial charge in [0.05, 0.1) is 12.8 Å². The first-order valence-electron chi connectivity index (χ1n) is 6.16. The van der Waals surface area contributed by atoms with Crippen LogP contribution >= 0.6 is 0 Å². The predicted molar refractivity (Wildman–Crippen MR) is 78.1 cm³/mol. The fourth-order valence-electron chi connectivity index (χ4n) is 1.63. The van der Waals surface area contributed by atoms with E-state index in [0.717, 1.165) is 0 Å². The molecule has 0 aromatic heterocycles. The number of hydrogen-bond donors (Lipinski definition) is 4. The molecule has 0 saturated carbocycles. The van der Waals surface area contributed by atoms with E-state index < -0.39 is 18.0 Å². The van der Waals surface area contributed by atoms with Crippen molar-refractivity contribution < 1.29 is 19.1 Å². The zero-order valence-electron chi connectivity index (χ0n) is 12.0. The molecule has 0 fully saturated rings. The Kier molecular flexibility index (Phi) is 5.53. The SMILES string of the molecule is COc1ccc(NC(C)=O)cc1N[C@@H](C)C(=O)NC(N)=O. The maximum atomic E-state index is 11.6. The van der Waals surface area contributed by atoms with Gasteiger partial charge in [0, 0.05) is 12.6 Å². The van der Waals surface area contributed by atoms with Gasteiger partial charge < -0.3 is 21.1 Å². The maximum absolute atomic E-state index is 11.6. The number of amides is 4. The Labute approximate surface area is 122 Å². The van der Waals surface area contributed by atoms with Crippen LogP contribution in [0.2, 0.25) is 0 Å². The van der Waals surface area contributed by atoms with Crippen LogP contribution in [0.25, 0.3) is 0 Å². The third-order valence-electron chi connectivity index (χ3n) is 2.53. The lowest BCUT2D eigenvalue weighted by molar-refractivity contribution is -0.120. The third kappa shape index (κ3) is 5.01. The van der Waals surface area contributed by atoms with Crippen LogP contribution in [0.1, 0.15) is 13.8 Å². The van der Waals surface area contributed by atoms with Gasteiger partial charge in [-0.15, -0.1) is 0 Å². The molecule has 8 heteroatoms. The van der Waals surface area contributed by atoms with Crippen molar-refractivity contribution in [1.82, 2.24) is 5.32 Å². The van der Waals surface area contributed by atoms with E-state index in [1.165, 1.54) is 14.0 Å². The van der Waals surface area contributed by atoms with Gasteiger partial charge in [0.25, 0.3) is 0 Å². The summed E-state index contributed by atoms with van der Waals surface area (Å²) in [5, 5.41) is 7.48. The molecule has 0 radical (unpaired) electrons. The summed E-state index contributed by atoms with van der Waals surface area (Å²) in [7, 11) is 1.48. The molecule has 1 aromatic rings. The second-order valence-corrected chi connectivity index (χ2v) is 4.32. The average Bonchev–Trinajstić information content (AvgIpc) is 2.37. The Hall–Kier alpha value is -2.77. The van der Waals surface area contributed by atoms with Crippen LogP contribution in [0.5, 0.6) is 5.75 Å². The van der Waals surface area contributed by atoms with Crippen molar-refractivity contribution in [1.29, 1.82) is 0 Å². The predicted octanol–water partition coefficient (Wildman–Crippen LogP) is 0.649. The minimum Gasteiger partial charge on any atom is -0.495 e. The number of imide groups is 1. The number of rotatable bonds is 5. The molecule has 21 heavy (non-hydrogen) atoms. The number of anilines is 2. The Morgan fingerprint density at radius 1 is 1.29 bits per heavy atom. The molecule has 114 valence electrons. The average molecular weight is 294 g/mol. The van der Waals surface area contributed by atoms with Crippen molar-refractivity contribution in [2.45, 2.75) is 19.9 Å². The molecule has 0 bridgehead atoms. The lowest BCUT2D eigenvalue weighted by Crippen LogP contribution is -2.43. The zero-order chi connectivity index (χ0) is 16.0. The number of methoxy groups -OCH3 is 1. The number of carbonyl (C=O) groups excluding carboxylic acids is 3. The van der Waals surface area contributed by atoms with Crippen LogP contribution in [-0.2, 0) is 9.59 Å². The molecule has 5 N–H and O–H groups in total. The van der Waals surface area contributed by atoms with Crippen molar-refractivity contribution >= 4 is 29.2 Å². The highest BCUT2D eigenvalue weighted by atomic mass is 16.5. The number of benzene rings is 1. The molecule has 0 unspecified atom stereocenters. The number of ether oxygens (including phenoxy) is 1. The largest absolute Gasteiger partial charge is 0.495 e. The maximum Gasteiger partial charge on any atom is 0.318 e. The smallest absolute Gasteiger partial charge is 0.318 e.